The van der Waals surface area contributed by atoms with Crippen molar-refractivity contribution in [2.45, 2.75) is 6.54 Å². The van der Waals surface area contributed by atoms with Crippen LogP contribution in [0.25, 0.3) is 11.3 Å². The maximum atomic E-state index is 12.9. The average Bonchev–Trinajstić information content (AvgIpc) is 2.88. The van der Waals surface area contributed by atoms with Crippen molar-refractivity contribution in [3.8, 4) is 22.9 Å². The Hall–Kier alpha value is -3.09. The third-order valence-electron chi connectivity index (χ3n) is 3.31. The van der Waals surface area contributed by atoms with E-state index in [2.05, 4.69) is 9.97 Å². The van der Waals surface area contributed by atoms with Gasteiger partial charge >= 0.3 is 5.69 Å². The molecule has 2 aromatic heterocycles. The third-order valence-corrected chi connectivity index (χ3v) is 3.31. The topological polar surface area (TPSA) is 80.1 Å². The Morgan fingerprint density at radius 1 is 1.22 bits per heavy atom. The minimum Gasteiger partial charge on any atom is -0.493 e. The Morgan fingerprint density at radius 2 is 2.00 bits per heavy atom. The second-order valence-electron chi connectivity index (χ2n) is 4.84. The standard InChI is InChI=1S/C16H14FN3O3/c17-12-3-1-11(2-4-12)14-6-5-13(9-18-14)23-8-7-20-15(21)10-19-16(20)22/h1-6,9-10,21H,7-8H2,(H,19,22). The number of hydrogen-bond acceptors (Lipinski definition) is 4. The Kier molecular flexibility index (Phi) is 4.09. The van der Waals surface area contributed by atoms with Crippen molar-refractivity contribution < 1.29 is 14.2 Å². The van der Waals surface area contributed by atoms with Gasteiger partial charge in [0.05, 0.1) is 24.6 Å². The van der Waals surface area contributed by atoms with Crippen LogP contribution in [0.3, 0.4) is 0 Å². The Morgan fingerprint density at radius 3 is 2.61 bits per heavy atom. The smallest absolute Gasteiger partial charge is 0.328 e. The normalized spacial score (nSPS) is 10.7. The molecule has 3 rings (SSSR count). The Balaban J connectivity index is 1.61. The second-order valence-corrected chi connectivity index (χ2v) is 4.84. The van der Waals surface area contributed by atoms with Crippen molar-refractivity contribution in [3.05, 3.63) is 65.1 Å². The molecule has 2 N–H and O–H groups in total. The van der Waals surface area contributed by atoms with E-state index in [1.807, 2.05) is 0 Å². The molecule has 0 radical (unpaired) electrons. The minimum atomic E-state index is -0.393. The van der Waals surface area contributed by atoms with Crippen molar-refractivity contribution in [1.82, 2.24) is 14.5 Å². The van der Waals surface area contributed by atoms with Crippen LogP contribution in [0.5, 0.6) is 11.6 Å². The fourth-order valence-electron chi connectivity index (χ4n) is 2.11. The highest BCUT2D eigenvalue weighted by Gasteiger charge is 2.05. The Labute approximate surface area is 130 Å². The van der Waals surface area contributed by atoms with Gasteiger partial charge in [-0.1, -0.05) is 0 Å². The van der Waals surface area contributed by atoms with Crippen molar-refractivity contribution in [1.29, 1.82) is 0 Å². The average molecular weight is 315 g/mol. The van der Waals surface area contributed by atoms with E-state index in [9.17, 15) is 14.3 Å². The van der Waals surface area contributed by atoms with Gasteiger partial charge in [0, 0.05) is 5.56 Å². The number of rotatable bonds is 5. The first-order valence-electron chi connectivity index (χ1n) is 6.95. The molecule has 0 fully saturated rings. The largest absolute Gasteiger partial charge is 0.493 e. The van der Waals surface area contributed by atoms with Crippen molar-refractivity contribution in [2.75, 3.05) is 6.61 Å². The zero-order valence-electron chi connectivity index (χ0n) is 12.1. The lowest BCUT2D eigenvalue weighted by Gasteiger charge is -2.07. The van der Waals surface area contributed by atoms with E-state index < -0.39 is 5.69 Å². The number of H-pyrrole nitrogens is 1. The van der Waals surface area contributed by atoms with Gasteiger partial charge in [0.1, 0.15) is 18.2 Å². The number of pyridine rings is 1. The number of imidazole rings is 1. The van der Waals surface area contributed by atoms with E-state index in [-0.39, 0.29) is 24.8 Å². The van der Waals surface area contributed by atoms with E-state index in [1.54, 1.807) is 30.5 Å². The van der Waals surface area contributed by atoms with Gasteiger partial charge in [0.25, 0.3) is 0 Å². The summed E-state index contributed by atoms with van der Waals surface area (Å²) in [6.07, 6.45) is 2.78. The van der Waals surface area contributed by atoms with E-state index in [4.69, 9.17) is 4.74 Å². The zero-order chi connectivity index (χ0) is 16.2. The molecule has 0 unspecified atom stereocenters. The van der Waals surface area contributed by atoms with Crippen LogP contribution in [0.2, 0.25) is 0 Å². The fraction of sp³-hybridized carbons (Fsp3) is 0.125. The maximum absolute atomic E-state index is 12.9. The Bertz CT molecular complexity index is 838. The molecule has 118 valence electrons. The molecule has 0 aliphatic heterocycles. The summed E-state index contributed by atoms with van der Waals surface area (Å²) in [5, 5.41) is 9.45. The molecule has 23 heavy (non-hydrogen) atoms. The zero-order valence-corrected chi connectivity index (χ0v) is 12.1. The van der Waals surface area contributed by atoms with Crippen molar-refractivity contribution in [2.24, 2.45) is 0 Å². The number of nitrogens with one attached hydrogen (secondary N) is 1. The molecule has 7 heteroatoms. The molecular formula is C16H14FN3O3. The third kappa shape index (κ3) is 3.39. The van der Waals surface area contributed by atoms with Gasteiger partial charge in [0.15, 0.2) is 0 Å². The van der Waals surface area contributed by atoms with Gasteiger partial charge in [-0.2, -0.15) is 0 Å². The van der Waals surface area contributed by atoms with Gasteiger partial charge < -0.3 is 14.8 Å². The number of hydrogen-bond donors (Lipinski definition) is 2. The minimum absolute atomic E-state index is 0.136. The number of halogens is 1. The second kappa shape index (κ2) is 6.35. The van der Waals surface area contributed by atoms with Crippen LogP contribution in [0.1, 0.15) is 0 Å². The lowest BCUT2D eigenvalue weighted by Crippen LogP contribution is -2.20. The summed E-state index contributed by atoms with van der Waals surface area (Å²) >= 11 is 0. The summed E-state index contributed by atoms with van der Waals surface area (Å²) in [7, 11) is 0. The maximum Gasteiger partial charge on any atom is 0.328 e. The molecule has 0 spiro atoms. The molecule has 0 saturated heterocycles. The highest BCUT2D eigenvalue weighted by atomic mass is 19.1. The lowest BCUT2D eigenvalue weighted by molar-refractivity contribution is 0.285. The number of aromatic amines is 1. The number of benzene rings is 1. The van der Waals surface area contributed by atoms with Crippen LogP contribution >= 0.6 is 0 Å². The summed E-state index contributed by atoms with van der Waals surface area (Å²) in [4.78, 5) is 18.0. The molecule has 6 nitrogen and oxygen atoms in total. The molecule has 0 aliphatic rings. The SMILES string of the molecule is O=c1[nH]cc(O)n1CCOc1ccc(-c2ccc(F)cc2)nc1. The van der Waals surface area contributed by atoms with Gasteiger partial charge in [-0.15, -0.1) is 0 Å². The van der Waals surface area contributed by atoms with E-state index in [0.717, 1.165) is 5.56 Å². The fourth-order valence-corrected chi connectivity index (χ4v) is 2.11. The number of aromatic nitrogens is 3. The summed E-state index contributed by atoms with van der Waals surface area (Å²) in [5.74, 6) is 0.110. The van der Waals surface area contributed by atoms with Crippen molar-refractivity contribution >= 4 is 0 Å². The quantitative estimate of drug-likeness (QED) is 0.756. The molecular weight excluding hydrogens is 301 g/mol. The summed E-state index contributed by atoms with van der Waals surface area (Å²) in [6.45, 7) is 0.427. The number of nitrogens with zero attached hydrogens (tertiary/aromatic N) is 2. The predicted molar refractivity (Wildman–Crippen MR) is 81.8 cm³/mol. The molecule has 0 atom stereocenters. The first-order chi connectivity index (χ1) is 11.1. The van der Waals surface area contributed by atoms with Gasteiger partial charge in [-0.25, -0.2) is 9.18 Å². The molecule has 0 aliphatic carbocycles. The van der Waals surface area contributed by atoms with E-state index in [0.29, 0.717) is 11.4 Å². The van der Waals surface area contributed by atoms with E-state index >= 15 is 0 Å². The highest BCUT2D eigenvalue weighted by molar-refractivity contribution is 5.59. The van der Waals surface area contributed by atoms with Crippen LogP contribution < -0.4 is 10.4 Å². The lowest BCUT2D eigenvalue weighted by atomic mass is 10.1. The van der Waals surface area contributed by atoms with Crippen LogP contribution in [0.15, 0.2) is 53.6 Å². The van der Waals surface area contributed by atoms with Gasteiger partial charge in [-0.3, -0.25) is 9.55 Å². The van der Waals surface area contributed by atoms with Crippen LogP contribution in [-0.4, -0.2) is 26.2 Å². The molecule has 0 saturated carbocycles. The highest BCUT2D eigenvalue weighted by Crippen LogP contribution is 2.19. The van der Waals surface area contributed by atoms with Gasteiger partial charge in [-0.05, 0) is 36.4 Å². The van der Waals surface area contributed by atoms with Crippen LogP contribution in [0, 0.1) is 5.82 Å². The molecule has 0 amide bonds. The van der Waals surface area contributed by atoms with E-state index in [1.165, 1.54) is 22.9 Å². The molecule has 3 aromatic rings. The first kappa shape index (κ1) is 14.8. The number of ether oxygens (including phenoxy) is 1. The molecule has 2 heterocycles. The molecule has 0 bridgehead atoms. The molecule has 1 aromatic carbocycles. The predicted octanol–water partition coefficient (Wildman–Crippen LogP) is 2.16. The van der Waals surface area contributed by atoms with Crippen LogP contribution in [0.4, 0.5) is 4.39 Å². The summed E-state index contributed by atoms with van der Waals surface area (Å²) in [5.41, 5.74) is 1.12. The van der Waals surface area contributed by atoms with Crippen LogP contribution in [-0.2, 0) is 6.54 Å². The van der Waals surface area contributed by atoms with Gasteiger partial charge in [0.2, 0.25) is 5.88 Å². The number of aromatic hydroxyl groups is 1. The van der Waals surface area contributed by atoms with Crippen molar-refractivity contribution in [3.63, 3.8) is 0 Å². The summed E-state index contributed by atoms with van der Waals surface area (Å²) in [6, 6.07) is 9.57. The summed E-state index contributed by atoms with van der Waals surface area (Å²) < 4.78 is 19.6. The first-order valence-corrected chi connectivity index (χ1v) is 6.95. The monoisotopic (exact) mass is 315 g/mol.